The zero-order valence-electron chi connectivity index (χ0n) is 10.2. The van der Waals surface area contributed by atoms with Crippen molar-refractivity contribution < 1.29 is 0 Å². The fourth-order valence-corrected chi connectivity index (χ4v) is 1.45. The molecule has 1 aromatic heterocycles. The Morgan fingerprint density at radius 1 is 1.53 bits per heavy atom. The van der Waals surface area contributed by atoms with Gasteiger partial charge in [-0.1, -0.05) is 0 Å². The molecule has 86 valence electrons. The Bertz CT molecular complexity index is 280. The van der Waals surface area contributed by atoms with Crippen LogP contribution in [0.2, 0.25) is 0 Å². The summed E-state index contributed by atoms with van der Waals surface area (Å²) in [5.41, 5.74) is 0. The van der Waals surface area contributed by atoms with Crippen LogP contribution in [-0.2, 0) is 6.54 Å². The molecule has 0 fully saturated rings. The number of hydrogen-bond donors (Lipinski definition) is 1. The van der Waals surface area contributed by atoms with E-state index in [2.05, 4.69) is 47.7 Å². The Labute approximate surface area is 92.3 Å². The minimum absolute atomic E-state index is 0.458. The standard InChI is InChI=1S/C11H22N4/c1-5-15-9-7-12-11(15)13-10(2)6-8-14(3)4/h7,9-10H,5-6,8H2,1-4H3,(H,12,13). The lowest BCUT2D eigenvalue weighted by Gasteiger charge is -2.17. The maximum Gasteiger partial charge on any atom is 0.202 e. The predicted molar refractivity (Wildman–Crippen MR) is 64.2 cm³/mol. The average Bonchev–Trinajstić information content (AvgIpc) is 2.62. The van der Waals surface area contributed by atoms with Gasteiger partial charge in [-0.05, 0) is 40.9 Å². The fraction of sp³-hybridized carbons (Fsp3) is 0.727. The Morgan fingerprint density at radius 2 is 2.27 bits per heavy atom. The molecule has 0 saturated heterocycles. The van der Waals surface area contributed by atoms with Crippen molar-refractivity contribution in [2.75, 3.05) is 26.0 Å². The van der Waals surface area contributed by atoms with Gasteiger partial charge in [0.2, 0.25) is 5.95 Å². The quantitative estimate of drug-likeness (QED) is 0.775. The Balaban J connectivity index is 2.40. The van der Waals surface area contributed by atoms with Gasteiger partial charge in [0.1, 0.15) is 0 Å². The molecule has 0 saturated carbocycles. The van der Waals surface area contributed by atoms with E-state index in [0.29, 0.717) is 6.04 Å². The first-order valence-corrected chi connectivity index (χ1v) is 5.56. The van der Waals surface area contributed by atoms with Gasteiger partial charge in [-0.3, -0.25) is 0 Å². The van der Waals surface area contributed by atoms with Crippen LogP contribution in [0.3, 0.4) is 0 Å². The number of rotatable bonds is 6. The van der Waals surface area contributed by atoms with Crippen molar-refractivity contribution in [2.45, 2.75) is 32.9 Å². The smallest absolute Gasteiger partial charge is 0.202 e. The Kier molecular flexibility index (Phi) is 4.62. The predicted octanol–water partition coefficient (Wildman–Crippen LogP) is 1.66. The molecule has 0 spiro atoms. The van der Waals surface area contributed by atoms with Crippen LogP contribution in [0.1, 0.15) is 20.3 Å². The molecule has 0 aliphatic rings. The molecule has 4 heteroatoms. The summed E-state index contributed by atoms with van der Waals surface area (Å²) in [5, 5.41) is 3.42. The second kappa shape index (κ2) is 5.75. The van der Waals surface area contributed by atoms with Crippen LogP contribution in [0.15, 0.2) is 12.4 Å². The van der Waals surface area contributed by atoms with Crippen molar-refractivity contribution in [1.82, 2.24) is 14.5 Å². The van der Waals surface area contributed by atoms with Crippen LogP contribution < -0.4 is 5.32 Å². The highest BCUT2D eigenvalue weighted by Gasteiger charge is 2.06. The Hall–Kier alpha value is -1.03. The van der Waals surface area contributed by atoms with Crippen molar-refractivity contribution >= 4 is 5.95 Å². The second-order valence-electron chi connectivity index (χ2n) is 4.17. The number of anilines is 1. The lowest BCUT2D eigenvalue weighted by atomic mass is 10.2. The van der Waals surface area contributed by atoms with Crippen molar-refractivity contribution in [3.8, 4) is 0 Å². The highest BCUT2D eigenvalue weighted by atomic mass is 15.2. The lowest BCUT2D eigenvalue weighted by Crippen LogP contribution is -2.24. The highest BCUT2D eigenvalue weighted by molar-refractivity contribution is 5.27. The number of aryl methyl sites for hydroxylation is 1. The minimum atomic E-state index is 0.458. The molecule has 0 bridgehead atoms. The van der Waals surface area contributed by atoms with Gasteiger partial charge in [-0.15, -0.1) is 0 Å². The van der Waals surface area contributed by atoms with Gasteiger partial charge in [-0.25, -0.2) is 4.98 Å². The van der Waals surface area contributed by atoms with Crippen LogP contribution >= 0.6 is 0 Å². The average molecular weight is 210 g/mol. The molecular formula is C11H22N4. The van der Waals surface area contributed by atoms with E-state index in [9.17, 15) is 0 Å². The van der Waals surface area contributed by atoms with Crippen LogP contribution in [0.4, 0.5) is 5.95 Å². The van der Waals surface area contributed by atoms with Gasteiger partial charge < -0.3 is 14.8 Å². The van der Waals surface area contributed by atoms with E-state index < -0.39 is 0 Å². The molecule has 1 N–H and O–H groups in total. The van der Waals surface area contributed by atoms with Crippen molar-refractivity contribution in [1.29, 1.82) is 0 Å². The normalized spacial score (nSPS) is 13.1. The first kappa shape index (κ1) is 12.0. The molecule has 1 unspecified atom stereocenters. The summed E-state index contributed by atoms with van der Waals surface area (Å²) in [6.07, 6.45) is 4.97. The van der Waals surface area contributed by atoms with E-state index in [1.165, 1.54) is 0 Å². The summed E-state index contributed by atoms with van der Waals surface area (Å²) in [5.74, 6) is 0.976. The monoisotopic (exact) mass is 210 g/mol. The second-order valence-corrected chi connectivity index (χ2v) is 4.17. The topological polar surface area (TPSA) is 33.1 Å². The van der Waals surface area contributed by atoms with E-state index in [1.54, 1.807) is 0 Å². The van der Waals surface area contributed by atoms with Gasteiger partial charge in [-0.2, -0.15) is 0 Å². The van der Waals surface area contributed by atoms with E-state index in [1.807, 2.05) is 12.4 Å². The molecule has 4 nitrogen and oxygen atoms in total. The zero-order chi connectivity index (χ0) is 11.3. The first-order valence-electron chi connectivity index (χ1n) is 5.56. The van der Waals surface area contributed by atoms with E-state index >= 15 is 0 Å². The number of aromatic nitrogens is 2. The van der Waals surface area contributed by atoms with Crippen LogP contribution in [0.5, 0.6) is 0 Å². The zero-order valence-corrected chi connectivity index (χ0v) is 10.2. The number of imidazole rings is 1. The third-order valence-corrected chi connectivity index (χ3v) is 2.44. The molecular weight excluding hydrogens is 188 g/mol. The summed E-state index contributed by atoms with van der Waals surface area (Å²) in [6, 6.07) is 0.458. The van der Waals surface area contributed by atoms with Crippen molar-refractivity contribution in [3.63, 3.8) is 0 Å². The van der Waals surface area contributed by atoms with Gasteiger partial charge >= 0.3 is 0 Å². The molecule has 1 rings (SSSR count). The molecule has 0 aromatic carbocycles. The maximum absolute atomic E-state index is 4.29. The summed E-state index contributed by atoms with van der Waals surface area (Å²) in [6.45, 7) is 6.37. The van der Waals surface area contributed by atoms with Crippen LogP contribution in [-0.4, -0.2) is 41.1 Å². The van der Waals surface area contributed by atoms with E-state index in [-0.39, 0.29) is 0 Å². The molecule has 1 atom stereocenters. The minimum Gasteiger partial charge on any atom is -0.353 e. The van der Waals surface area contributed by atoms with Crippen LogP contribution in [0.25, 0.3) is 0 Å². The molecule has 1 heterocycles. The van der Waals surface area contributed by atoms with Gasteiger partial charge in [0.15, 0.2) is 0 Å². The van der Waals surface area contributed by atoms with Gasteiger partial charge in [0, 0.05) is 25.0 Å². The summed E-state index contributed by atoms with van der Waals surface area (Å²) in [7, 11) is 4.19. The largest absolute Gasteiger partial charge is 0.353 e. The van der Waals surface area contributed by atoms with Gasteiger partial charge in [0.05, 0.1) is 0 Å². The highest BCUT2D eigenvalue weighted by Crippen LogP contribution is 2.07. The third-order valence-electron chi connectivity index (χ3n) is 2.44. The number of nitrogens with zero attached hydrogens (tertiary/aromatic N) is 3. The molecule has 15 heavy (non-hydrogen) atoms. The fourth-order valence-electron chi connectivity index (χ4n) is 1.45. The molecule has 0 amide bonds. The molecule has 0 aliphatic carbocycles. The van der Waals surface area contributed by atoms with Crippen LogP contribution in [0, 0.1) is 0 Å². The van der Waals surface area contributed by atoms with Gasteiger partial charge in [0.25, 0.3) is 0 Å². The van der Waals surface area contributed by atoms with Crippen molar-refractivity contribution in [2.24, 2.45) is 0 Å². The maximum atomic E-state index is 4.29. The first-order chi connectivity index (χ1) is 7.13. The summed E-state index contributed by atoms with van der Waals surface area (Å²) >= 11 is 0. The number of nitrogens with one attached hydrogen (secondary N) is 1. The molecule has 0 aliphatic heterocycles. The van der Waals surface area contributed by atoms with E-state index in [4.69, 9.17) is 0 Å². The summed E-state index contributed by atoms with van der Waals surface area (Å²) < 4.78 is 2.12. The summed E-state index contributed by atoms with van der Waals surface area (Å²) in [4.78, 5) is 6.49. The molecule has 1 aromatic rings. The SMILES string of the molecule is CCn1ccnc1NC(C)CCN(C)C. The molecule has 0 radical (unpaired) electrons. The third kappa shape index (κ3) is 3.91. The Morgan fingerprint density at radius 3 is 2.87 bits per heavy atom. The number of hydrogen-bond acceptors (Lipinski definition) is 3. The van der Waals surface area contributed by atoms with E-state index in [0.717, 1.165) is 25.5 Å². The lowest BCUT2D eigenvalue weighted by molar-refractivity contribution is 0.390. The van der Waals surface area contributed by atoms with Crippen molar-refractivity contribution in [3.05, 3.63) is 12.4 Å².